The monoisotopic (exact) mass is 287 g/mol. The van der Waals surface area contributed by atoms with Crippen LogP contribution in [0.25, 0.3) is 0 Å². The molecule has 0 fully saturated rings. The van der Waals surface area contributed by atoms with Gasteiger partial charge in [-0.1, -0.05) is 20.8 Å². The van der Waals surface area contributed by atoms with Crippen LogP contribution in [0, 0.1) is 5.41 Å². The summed E-state index contributed by atoms with van der Waals surface area (Å²) in [5.41, 5.74) is 6.08. The summed E-state index contributed by atoms with van der Waals surface area (Å²) in [4.78, 5) is 11.8. The molecule has 2 N–H and O–H groups in total. The van der Waals surface area contributed by atoms with Crippen LogP contribution in [0.1, 0.15) is 44.2 Å². The molecular formula is C12H18BrNO2. The van der Waals surface area contributed by atoms with E-state index in [0.29, 0.717) is 16.7 Å². The van der Waals surface area contributed by atoms with E-state index in [-0.39, 0.29) is 17.2 Å². The number of hydrogen-bond donors (Lipinski definition) is 1. The summed E-state index contributed by atoms with van der Waals surface area (Å²) in [5.74, 6) is 0.318. The summed E-state index contributed by atoms with van der Waals surface area (Å²) in [7, 11) is 0. The topological polar surface area (TPSA) is 56.2 Å². The SMILES string of the molecule is CC(C)(C)CC(N)CC(=O)c1occc1Br. The maximum atomic E-state index is 11.8. The van der Waals surface area contributed by atoms with E-state index in [1.807, 2.05) is 0 Å². The van der Waals surface area contributed by atoms with E-state index in [9.17, 15) is 4.79 Å². The fourth-order valence-electron chi connectivity index (χ4n) is 1.68. The molecule has 1 aromatic rings. The standard InChI is InChI=1S/C12H18BrNO2/c1-12(2,3)7-8(14)6-10(15)11-9(13)4-5-16-11/h4-5,8H,6-7,14H2,1-3H3. The number of rotatable bonds is 4. The van der Waals surface area contributed by atoms with E-state index in [2.05, 4.69) is 36.7 Å². The fraction of sp³-hybridized carbons (Fsp3) is 0.583. The number of carbonyl (C=O) groups excluding carboxylic acids is 1. The predicted molar refractivity (Wildman–Crippen MR) is 67.4 cm³/mol. The summed E-state index contributed by atoms with van der Waals surface area (Å²) in [5, 5.41) is 0. The first-order valence-electron chi connectivity index (χ1n) is 5.31. The summed E-state index contributed by atoms with van der Waals surface area (Å²) in [6, 6.07) is 1.59. The van der Waals surface area contributed by atoms with Crippen LogP contribution in [-0.2, 0) is 0 Å². The molecule has 1 heterocycles. The lowest BCUT2D eigenvalue weighted by molar-refractivity contribution is 0.0940. The van der Waals surface area contributed by atoms with Gasteiger partial charge >= 0.3 is 0 Å². The highest BCUT2D eigenvalue weighted by atomic mass is 79.9. The number of nitrogens with two attached hydrogens (primary N) is 1. The second kappa shape index (κ2) is 5.15. The van der Waals surface area contributed by atoms with Crippen LogP contribution < -0.4 is 5.73 Å². The molecule has 0 spiro atoms. The smallest absolute Gasteiger partial charge is 0.200 e. The van der Waals surface area contributed by atoms with Gasteiger partial charge in [0.2, 0.25) is 5.78 Å². The first-order valence-corrected chi connectivity index (χ1v) is 6.10. The molecule has 0 aliphatic heterocycles. The summed E-state index contributed by atoms with van der Waals surface area (Å²) < 4.78 is 5.80. The molecule has 16 heavy (non-hydrogen) atoms. The normalized spacial score (nSPS) is 13.8. The summed E-state index contributed by atoms with van der Waals surface area (Å²) >= 11 is 3.26. The largest absolute Gasteiger partial charge is 0.460 e. The van der Waals surface area contributed by atoms with Gasteiger partial charge in [0.1, 0.15) is 0 Å². The molecule has 1 atom stereocenters. The zero-order valence-corrected chi connectivity index (χ0v) is 11.5. The van der Waals surface area contributed by atoms with Crippen LogP contribution in [0.15, 0.2) is 21.2 Å². The predicted octanol–water partition coefficient (Wildman–Crippen LogP) is 3.38. The molecule has 0 aromatic carbocycles. The number of furan rings is 1. The lowest BCUT2D eigenvalue weighted by Crippen LogP contribution is -2.28. The minimum absolute atomic E-state index is 0.0476. The second-order valence-corrected chi connectivity index (χ2v) is 6.10. The molecular weight excluding hydrogens is 270 g/mol. The maximum absolute atomic E-state index is 11.8. The van der Waals surface area contributed by atoms with Crippen molar-refractivity contribution in [2.24, 2.45) is 11.1 Å². The molecule has 0 saturated heterocycles. The molecule has 0 saturated carbocycles. The van der Waals surface area contributed by atoms with Gasteiger partial charge in [-0.2, -0.15) is 0 Å². The van der Waals surface area contributed by atoms with Crippen molar-refractivity contribution < 1.29 is 9.21 Å². The van der Waals surface area contributed by atoms with Gasteiger partial charge in [-0.15, -0.1) is 0 Å². The highest BCUT2D eigenvalue weighted by molar-refractivity contribution is 9.10. The molecule has 1 rings (SSSR count). The molecule has 1 aromatic heterocycles. The van der Waals surface area contributed by atoms with Crippen molar-refractivity contribution in [2.75, 3.05) is 0 Å². The highest BCUT2D eigenvalue weighted by Crippen LogP contribution is 2.24. The third-order valence-electron chi connectivity index (χ3n) is 2.19. The Morgan fingerprint density at radius 1 is 1.56 bits per heavy atom. The summed E-state index contributed by atoms with van der Waals surface area (Å²) in [6.07, 6.45) is 2.63. The lowest BCUT2D eigenvalue weighted by atomic mass is 9.86. The van der Waals surface area contributed by atoms with Crippen LogP contribution in [0.3, 0.4) is 0 Å². The maximum Gasteiger partial charge on any atom is 0.200 e. The zero-order valence-electron chi connectivity index (χ0n) is 9.92. The third kappa shape index (κ3) is 4.10. The van der Waals surface area contributed by atoms with E-state index in [1.54, 1.807) is 6.07 Å². The average molecular weight is 288 g/mol. The Kier molecular flexibility index (Phi) is 4.33. The first kappa shape index (κ1) is 13.5. The van der Waals surface area contributed by atoms with Crippen LogP contribution in [0.2, 0.25) is 0 Å². The Morgan fingerprint density at radius 3 is 2.62 bits per heavy atom. The molecule has 0 bridgehead atoms. The van der Waals surface area contributed by atoms with Crippen molar-refractivity contribution in [3.63, 3.8) is 0 Å². The number of ketones is 1. The number of halogens is 1. The van der Waals surface area contributed by atoms with Gasteiger partial charge in [0, 0.05) is 12.5 Å². The van der Waals surface area contributed by atoms with Gasteiger partial charge in [-0.3, -0.25) is 4.79 Å². The van der Waals surface area contributed by atoms with Crippen LogP contribution in [0.5, 0.6) is 0 Å². The van der Waals surface area contributed by atoms with Crippen molar-refractivity contribution >= 4 is 21.7 Å². The van der Waals surface area contributed by atoms with Gasteiger partial charge in [-0.25, -0.2) is 0 Å². The van der Waals surface area contributed by atoms with Gasteiger partial charge in [0.05, 0.1) is 10.7 Å². The Hall–Kier alpha value is -0.610. The number of Topliss-reactive ketones (excluding diaryl/α,β-unsaturated/α-hetero) is 1. The van der Waals surface area contributed by atoms with E-state index < -0.39 is 0 Å². The molecule has 0 radical (unpaired) electrons. The number of hydrogen-bond acceptors (Lipinski definition) is 3. The van der Waals surface area contributed by atoms with Crippen molar-refractivity contribution in [3.05, 3.63) is 22.6 Å². The highest BCUT2D eigenvalue weighted by Gasteiger charge is 2.21. The molecule has 1 unspecified atom stereocenters. The zero-order chi connectivity index (χ0) is 12.3. The quantitative estimate of drug-likeness (QED) is 0.864. The first-order chi connectivity index (χ1) is 7.29. The van der Waals surface area contributed by atoms with Crippen molar-refractivity contribution in [1.29, 1.82) is 0 Å². The Bertz CT molecular complexity index is 365. The van der Waals surface area contributed by atoms with Gasteiger partial charge in [-0.05, 0) is 33.8 Å². The van der Waals surface area contributed by atoms with Crippen molar-refractivity contribution in [3.8, 4) is 0 Å². The molecule has 0 amide bonds. The second-order valence-electron chi connectivity index (χ2n) is 5.25. The van der Waals surface area contributed by atoms with Gasteiger partial charge < -0.3 is 10.2 Å². The van der Waals surface area contributed by atoms with Crippen LogP contribution in [-0.4, -0.2) is 11.8 Å². The van der Waals surface area contributed by atoms with Gasteiger partial charge in [0.15, 0.2) is 5.76 Å². The van der Waals surface area contributed by atoms with Crippen molar-refractivity contribution in [2.45, 2.75) is 39.7 Å². The Balaban J connectivity index is 2.56. The van der Waals surface area contributed by atoms with E-state index >= 15 is 0 Å². The molecule has 90 valence electrons. The lowest BCUT2D eigenvalue weighted by Gasteiger charge is -2.22. The minimum Gasteiger partial charge on any atom is -0.460 e. The van der Waals surface area contributed by atoms with Crippen molar-refractivity contribution in [1.82, 2.24) is 0 Å². The summed E-state index contributed by atoms with van der Waals surface area (Å²) in [6.45, 7) is 6.33. The third-order valence-corrected chi connectivity index (χ3v) is 2.82. The van der Waals surface area contributed by atoms with Crippen LogP contribution >= 0.6 is 15.9 Å². The molecule has 0 aliphatic carbocycles. The van der Waals surface area contributed by atoms with Crippen LogP contribution in [0.4, 0.5) is 0 Å². The van der Waals surface area contributed by atoms with Gasteiger partial charge in [0.25, 0.3) is 0 Å². The Labute approximate surface area is 105 Å². The molecule has 3 nitrogen and oxygen atoms in total. The fourth-order valence-corrected chi connectivity index (χ4v) is 2.10. The molecule has 4 heteroatoms. The Morgan fingerprint density at radius 2 is 2.19 bits per heavy atom. The van der Waals surface area contributed by atoms with E-state index in [4.69, 9.17) is 10.2 Å². The number of carbonyl (C=O) groups is 1. The minimum atomic E-state index is -0.121. The molecule has 0 aliphatic rings. The van der Waals surface area contributed by atoms with E-state index in [0.717, 1.165) is 6.42 Å². The average Bonchev–Trinajstić information content (AvgIpc) is 2.47. The van der Waals surface area contributed by atoms with E-state index in [1.165, 1.54) is 6.26 Å².